The summed E-state index contributed by atoms with van der Waals surface area (Å²) in [6.07, 6.45) is 3.30. The minimum atomic E-state index is -0.493. The maximum absolute atomic E-state index is 13.0. The number of rotatable bonds is 8. The molecule has 0 spiro atoms. The molecular weight excluding hydrogens is 273 g/mol. The van der Waals surface area contributed by atoms with E-state index in [1.165, 1.54) is 19.2 Å². The zero-order valence-corrected chi connectivity index (χ0v) is 12.5. The summed E-state index contributed by atoms with van der Waals surface area (Å²) in [5, 5.41) is 2.81. The third-order valence-corrected chi connectivity index (χ3v) is 3.21. The van der Waals surface area contributed by atoms with Crippen molar-refractivity contribution in [3.05, 3.63) is 35.6 Å². The van der Waals surface area contributed by atoms with Gasteiger partial charge in [-0.3, -0.25) is 9.59 Å². The van der Waals surface area contributed by atoms with E-state index in [0.717, 1.165) is 19.3 Å². The lowest BCUT2D eigenvalue weighted by atomic mass is 10.0. The van der Waals surface area contributed by atoms with Crippen molar-refractivity contribution in [2.24, 2.45) is 0 Å². The molecule has 0 heterocycles. The summed E-state index contributed by atoms with van der Waals surface area (Å²) in [6.45, 7) is 2.07. The molecule has 1 unspecified atom stereocenters. The molecule has 0 aliphatic carbocycles. The standard InChI is InChI=1S/C16H22FNO3/c1-3-4-5-6-15(19)18-14(11-16(20)21-2)12-7-9-13(17)10-8-12/h7-10,14H,3-6,11H2,1-2H3,(H,18,19). The average Bonchev–Trinajstić information content (AvgIpc) is 2.47. The molecule has 116 valence electrons. The van der Waals surface area contributed by atoms with Crippen LogP contribution in [-0.4, -0.2) is 19.0 Å². The van der Waals surface area contributed by atoms with Gasteiger partial charge in [0.15, 0.2) is 0 Å². The molecule has 0 aliphatic heterocycles. The van der Waals surface area contributed by atoms with Gasteiger partial charge in [0.2, 0.25) is 5.91 Å². The number of esters is 1. The van der Waals surface area contributed by atoms with Crippen molar-refractivity contribution in [3.8, 4) is 0 Å². The van der Waals surface area contributed by atoms with E-state index in [0.29, 0.717) is 12.0 Å². The second-order valence-electron chi connectivity index (χ2n) is 4.91. The molecule has 0 saturated carbocycles. The predicted molar refractivity (Wildman–Crippen MR) is 78.1 cm³/mol. The van der Waals surface area contributed by atoms with Gasteiger partial charge in [0.05, 0.1) is 19.6 Å². The highest BCUT2D eigenvalue weighted by molar-refractivity contribution is 5.78. The van der Waals surface area contributed by atoms with E-state index in [1.807, 2.05) is 0 Å². The number of methoxy groups -OCH3 is 1. The van der Waals surface area contributed by atoms with Crippen LogP contribution in [0.15, 0.2) is 24.3 Å². The first-order valence-corrected chi connectivity index (χ1v) is 7.18. The molecule has 1 aromatic carbocycles. The van der Waals surface area contributed by atoms with E-state index in [4.69, 9.17) is 0 Å². The maximum atomic E-state index is 13.0. The van der Waals surface area contributed by atoms with Gasteiger partial charge in [0.1, 0.15) is 5.82 Å². The first kappa shape index (κ1) is 17.1. The van der Waals surface area contributed by atoms with Crippen molar-refractivity contribution in [2.75, 3.05) is 7.11 Å². The van der Waals surface area contributed by atoms with Gasteiger partial charge in [-0.1, -0.05) is 31.9 Å². The van der Waals surface area contributed by atoms with Crippen molar-refractivity contribution in [3.63, 3.8) is 0 Å². The minimum Gasteiger partial charge on any atom is -0.469 e. The Hall–Kier alpha value is -1.91. The van der Waals surface area contributed by atoms with Crippen LogP contribution in [0, 0.1) is 5.82 Å². The normalized spacial score (nSPS) is 11.8. The predicted octanol–water partition coefficient (Wildman–Crippen LogP) is 3.13. The van der Waals surface area contributed by atoms with Crippen molar-refractivity contribution >= 4 is 11.9 Å². The highest BCUT2D eigenvalue weighted by Crippen LogP contribution is 2.18. The zero-order chi connectivity index (χ0) is 15.7. The molecule has 1 atom stereocenters. The number of benzene rings is 1. The van der Waals surface area contributed by atoms with E-state index in [1.54, 1.807) is 12.1 Å². The maximum Gasteiger partial charge on any atom is 0.307 e. The Balaban J connectivity index is 2.70. The van der Waals surface area contributed by atoms with Crippen molar-refractivity contribution in [2.45, 2.75) is 45.1 Å². The summed E-state index contributed by atoms with van der Waals surface area (Å²) in [5.41, 5.74) is 0.686. The smallest absolute Gasteiger partial charge is 0.307 e. The third kappa shape index (κ3) is 6.38. The van der Waals surface area contributed by atoms with Gasteiger partial charge in [0, 0.05) is 6.42 Å². The number of carbonyl (C=O) groups excluding carboxylic acids is 2. The second-order valence-corrected chi connectivity index (χ2v) is 4.91. The van der Waals surface area contributed by atoms with Gasteiger partial charge in [0.25, 0.3) is 0 Å². The number of unbranched alkanes of at least 4 members (excludes halogenated alkanes) is 2. The molecule has 0 aromatic heterocycles. The summed E-state index contributed by atoms with van der Waals surface area (Å²) in [5.74, 6) is -0.885. The molecule has 4 nitrogen and oxygen atoms in total. The molecule has 0 aliphatic rings. The Labute approximate surface area is 124 Å². The van der Waals surface area contributed by atoms with Gasteiger partial charge in [-0.25, -0.2) is 4.39 Å². The number of hydrogen-bond donors (Lipinski definition) is 1. The molecule has 1 N–H and O–H groups in total. The fourth-order valence-corrected chi connectivity index (χ4v) is 2.00. The molecule has 0 radical (unpaired) electrons. The van der Waals surface area contributed by atoms with Crippen LogP contribution in [0.25, 0.3) is 0 Å². The number of amides is 1. The molecular formula is C16H22FNO3. The Morgan fingerprint density at radius 2 is 1.90 bits per heavy atom. The average molecular weight is 295 g/mol. The molecule has 21 heavy (non-hydrogen) atoms. The van der Waals surface area contributed by atoms with Crippen molar-refractivity contribution < 1.29 is 18.7 Å². The van der Waals surface area contributed by atoms with Crippen LogP contribution in [0.2, 0.25) is 0 Å². The lowest BCUT2D eigenvalue weighted by Gasteiger charge is -2.18. The van der Waals surface area contributed by atoms with Gasteiger partial charge in [-0.05, 0) is 24.1 Å². The summed E-state index contributed by atoms with van der Waals surface area (Å²) in [7, 11) is 1.30. The molecule has 1 aromatic rings. The lowest BCUT2D eigenvalue weighted by Crippen LogP contribution is -2.30. The van der Waals surface area contributed by atoms with E-state index in [9.17, 15) is 14.0 Å². The van der Waals surface area contributed by atoms with Gasteiger partial charge in [-0.2, -0.15) is 0 Å². The molecule has 0 saturated heterocycles. The Bertz CT molecular complexity index is 459. The van der Waals surface area contributed by atoms with E-state index >= 15 is 0 Å². The molecule has 1 amide bonds. The molecule has 0 bridgehead atoms. The molecule has 1 rings (SSSR count). The Morgan fingerprint density at radius 3 is 2.48 bits per heavy atom. The first-order chi connectivity index (χ1) is 10.1. The highest BCUT2D eigenvalue weighted by atomic mass is 19.1. The Kier molecular flexibility index (Phi) is 7.43. The fourth-order valence-electron chi connectivity index (χ4n) is 2.00. The minimum absolute atomic E-state index is 0.0294. The number of halogens is 1. The summed E-state index contributed by atoms with van der Waals surface area (Å²) < 4.78 is 17.6. The van der Waals surface area contributed by atoms with Crippen LogP contribution in [-0.2, 0) is 14.3 Å². The zero-order valence-electron chi connectivity index (χ0n) is 12.5. The van der Waals surface area contributed by atoms with Gasteiger partial charge >= 0.3 is 5.97 Å². The van der Waals surface area contributed by atoms with E-state index in [-0.39, 0.29) is 18.1 Å². The Morgan fingerprint density at radius 1 is 1.24 bits per heavy atom. The van der Waals surface area contributed by atoms with Crippen molar-refractivity contribution in [1.29, 1.82) is 0 Å². The third-order valence-electron chi connectivity index (χ3n) is 3.21. The summed E-state index contributed by atoms with van der Waals surface area (Å²) in [4.78, 5) is 23.4. The second kappa shape index (κ2) is 9.10. The van der Waals surface area contributed by atoms with Crippen LogP contribution in [0.5, 0.6) is 0 Å². The van der Waals surface area contributed by atoms with Crippen LogP contribution < -0.4 is 5.32 Å². The van der Waals surface area contributed by atoms with Crippen LogP contribution >= 0.6 is 0 Å². The molecule has 5 heteroatoms. The topological polar surface area (TPSA) is 55.4 Å². The highest BCUT2D eigenvalue weighted by Gasteiger charge is 2.18. The largest absolute Gasteiger partial charge is 0.469 e. The number of carbonyl (C=O) groups is 2. The molecule has 0 fully saturated rings. The van der Waals surface area contributed by atoms with Crippen LogP contribution in [0.3, 0.4) is 0 Å². The van der Waals surface area contributed by atoms with Crippen LogP contribution in [0.4, 0.5) is 4.39 Å². The monoisotopic (exact) mass is 295 g/mol. The number of ether oxygens (including phenoxy) is 1. The van der Waals surface area contributed by atoms with E-state index < -0.39 is 12.0 Å². The van der Waals surface area contributed by atoms with Gasteiger partial charge < -0.3 is 10.1 Å². The van der Waals surface area contributed by atoms with Gasteiger partial charge in [-0.15, -0.1) is 0 Å². The van der Waals surface area contributed by atoms with Crippen LogP contribution in [0.1, 0.15) is 50.6 Å². The number of hydrogen-bond acceptors (Lipinski definition) is 3. The summed E-state index contributed by atoms with van der Waals surface area (Å²) in [6, 6.07) is 5.25. The van der Waals surface area contributed by atoms with Crippen molar-refractivity contribution in [1.82, 2.24) is 5.32 Å². The fraction of sp³-hybridized carbons (Fsp3) is 0.500. The number of nitrogens with one attached hydrogen (secondary N) is 1. The first-order valence-electron chi connectivity index (χ1n) is 7.18. The lowest BCUT2D eigenvalue weighted by molar-refractivity contribution is -0.141. The quantitative estimate of drug-likeness (QED) is 0.592. The SMILES string of the molecule is CCCCCC(=O)NC(CC(=O)OC)c1ccc(F)cc1. The van der Waals surface area contributed by atoms with E-state index in [2.05, 4.69) is 17.0 Å². The summed E-state index contributed by atoms with van der Waals surface area (Å²) >= 11 is 0.